The van der Waals surface area contributed by atoms with Crippen molar-refractivity contribution < 1.29 is 27.1 Å². The normalized spacial score (nSPS) is 20.7. The van der Waals surface area contributed by atoms with Gasteiger partial charge < -0.3 is 19.4 Å². The van der Waals surface area contributed by atoms with Gasteiger partial charge in [-0.3, -0.25) is 9.59 Å². The molecule has 0 spiro atoms. The largest absolute Gasteiger partial charge is 0.419 e. The number of carbonyl (C=O) groups excluding carboxylic acids is 1. The minimum atomic E-state index is -4.51. The number of fused-ring (bicyclic) bond motifs is 1. The molecular formula is C24H25F4N7O3. The molecule has 1 N–H and O–H groups in total. The van der Waals surface area contributed by atoms with Crippen LogP contribution >= 0.6 is 0 Å². The molecule has 4 heterocycles. The number of piperazine rings is 1. The van der Waals surface area contributed by atoms with Crippen LogP contribution in [0.2, 0.25) is 0 Å². The number of morpholine rings is 1. The molecule has 0 radical (unpaired) electrons. The summed E-state index contributed by atoms with van der Waals surface area (Å²) in [7, 11) is 0. The predicted octanol–water partition coefficient (Wildman–Crippen LogP) is 2.20. The molecule has 2 fully saturated rings. The Kier molecular flexibility index (Phi) is 6.90. The highest BCUT2D eigenvalue weighted by Gasteiger charge is 2.33. The molecule has 5 rings (SSSR count). The molecule has 0 unspecified atom stereocenters. The van der Waals surface area contributed by atoms with E-state index >= 15 is 0 Å². The van der Waals surface area contributed by atoms with E-state index in [0.29, 0.717) is 32.7 Å². The number of rotatable bonds is 4. The van der Waals surface area contributed by atoms with Crippen LogP contribution < -0.4 is 15.4 Å². The van der Waals surface area contributed by atoms with E-state index in [1.54, 1.807) is 9.80 Å². The molecule has 2 aliphatic heterocycles. The van der Waals surface area contributed by atoms with E-state index in [-0.39, 0.29) is 47.5 Å². The lowest BCUT2D eigenvalue weighted by Crippen LogP contribution is -2.52. The van der Waals surface area contributed by atoms with E-state index in [1.165, 1.54) is 18.2 Å². The summed E-state index contributed by atoms with van der Waals surface area (Å²) in [5.41, 5.74) is -1.41. The first-order chi connectivity index (χ1) is 18.1. The highest BCUT2D eigenvalue weighted by atomic mass is 19.4. The third-order valence-corrected chi connectivity index (χ3v) is 6.65. The zero-order chi connectivity index (χ0) is 27.0. The number of halogens is 4. The van der Waals surface area contributed by atoms with E-state index in [2.05, 4.69) is 20.2 Å². The van der Waals surface area contributed by atoms with Gasteiger partial charge in [-0.2, -0.15) is 18.3 Å². The smallest absolute Gasteiger partial charge is 0.371 e. The SMILES string of the molecule is C[C@@H]1CN(c2n[nH]c(=O)c3cccc(F)c23)C[C@@H](CC(=O)N2CCN(c3ncc(C(F)(F)F)cn3)CC2)O1. The van der Waals surface area contributed by atoms with Crippen LogP contribution in [0.1, 0.15) is 18.9 Å². The Labute approximate surface area is 214 Å². The first-order valence-electron chi connectivity index (χ1n) is 12.1. The van der Waals surface area contributed by atoms with Gasteiger partial charge in [-0.1, -0.05) is 6.07 Å². The molecular weight excluding hydrogens is 510 g/mol. The molecule has 38 heavy (non-hydrogen) atoms. The molecule has 2 atom stereocenters. The fourth-order valence-corrected chi connectivity index (χ4v) is 4.83. The maximum Gasteiger partial charge on any atom is 0.419 e. The summed E-state index contributed by atoms with van der Waals surface area (Å²) in [6.45, 7) is 3.97. The number of amides is 1. The molecule has 14 heteroatoms. The number of H-pyrrole nitrogens is 1. The van der Waals surface area contributed by atoms with Crippen LogP contribution in [0.15, 0.2) is 35.4 Å². The number of ether oxygens (including phenoxy) is 1. The van der Waals surface area contributed by atoms with Crippen molar-refractivity contribution in [3.05, 3.63) is 52.3 Å². The summed E-state index contributed by atoms with van der Waals surface area (Å²) in [6, 6.07) is 4.26. The van der Waals surface area contributed by atoms with Crippen molar-refractivity contribution in [1.82, 2.24) is 25.1 Å². The number of alkyl halides is 3. The van der Waals surface area contributed by atoms with Gasteiger partial charge in [-0.25, -0.2) is 19.5 Å². The van der Waals surface area contributed by atoms with Crippen molar-refractivity contribution in [3.8, 4) is 0 Å². The second-order valence-electron chi connectivity index (χ2n) is 9.35. The maximum atomic E-state index is 14.7. The second kappa shape index (κ2) is 10.2. The summed E-state index contributed by atoms with van der Waals surface area (Å²) in [5.74, 6) is -0.228. The third kappa shape index (κ3) is 5.26. The van der Waals surface area contributed by atoms with Gasteiger partial charge in [0.2, 0.25) is 11.9 Å². The molecule has 2 aromatic heterocycles. The number of benzene rings is 1. The summed E-state index contributed by atoms with van der Waals surface area (Å²) >= 11 is 0. The van der Waals surface area contributed by atoms with E-state index in [4.69, 9.17) is 4.74 Å². The van der Waals surface area contributed by atoms with Crippen molar-refractivity contribution in [2.45, 2.75) is 31.7 Å². The lowest BCUT2D eigenvalue weighted by atomic mass is 10.1. The highest BCUT2D eigenvalue weighted by Crippen LogP contribution is 2.29. The van der Waals surface area contributed by atoms with Crippen molar-refractivity contribution >= 4 is 28.4 Å². The first-order valence-corrected chi connectivity index (χ1v) is 12.1. The molecule has 2 aliphatic rings. The van der Waals surface area contributed by atoms with E-state index < -0.39 is 29.2 Å². The van der Waals surface area contributed by atoms with Gasteiger partial charge in [-0.15, -0.1) is 0 Å². The number of anilines is 2. The zero-order valence-electron chi connectivity index (χ0n) is 20.4. The van der Waals surface area contributed by atoms with Gasteiger partial charge >= 0.3 is 6.18 Å². The summed E-state index contributed by atoms with van der Waals surface area (Å²) < 4.78 is 58.9. The topological polar surface area (TPSA) is 108 Å². The Bertz CT molecular complexity index is 1370. The highest BCUT2D eigenvalue weighted by molar-refractivity contribution is 5.92. The molecule has 1 aromatic carbocycles. The van der Waals surface area contributed by atoms with Crippen LogP contribution in [0, 0.1) is 5.82 Å². The van der Waals surface area contributed by atoms with E-state index in [0.717, 1.165) is 12.4 Å². The van der Waals surface area contributed by atoms with Crippen molar-refractivity contribution in [3.63, 3.8) is 0 Å². The van der Waals surface area contributed by atoms with Crippen molar-refractivity contribution in [2.75, 3.05) is 49.1 Å². The molecule has 0 aliphatic carbocycles. The van der Waals surface area contributed by atoms with Crippen LogP contribution in [-0.4, -0.2) is 82.4 Å². The number of hydrogen-bond donors (Lipinski definition) is 1. The van der Waals surface area contributed by atoms with Gasteiger partial charge in [0.15, 0.2) is 5.82 Å². The van der Waals surface area contributed by atoms with Crippen molar-refractivity contribution in [2.24, 2.45) is 0 Å². The van der Waals surface area contributed by atoms with Crippen LogP contribution in [0.5, 0.6) is 0 Å². The molecule has 3 aromatic rings. The monoisotopic (exact) mass is 535 g/mol. The number of hydrogen-bond acceptors (Lipinski definition) is 8. The van der Waals surface area contributed by atoms with Gasteiger partial charge in [-0.05, 0) is 19.1 Å². The Morgan fingerprint density at radius 3 is 2.50 bits per heavy atom. The lowest BCUT2D eigenvalue weighted by molar-refractivity contribution is -0.138. The van der Waals surface area contributed by atoms with Gasteiger partial charge in [0.05, 0.1) is 35.0 Å². The predicted molar refractivity (Wildman–Crippen MR) is 129 cm³/mol. The van der Waals surface area contributed by atoms with E-state index in [9.17, 15) is 27.2 Å². The minimum absolute atomic E-state index is 0.0847. The Morgan fingerprint density at radius 2 is 1.82 bits per heavy atom. The third-order valence-electron chi connectivity index (χ3n) is 6.65. The van der Waals surface area contributed by atoms with E-state index in [1.807, 2.05) is 11.8 Å². The van der Waals surface area contributed by atoms with Crippen LogP contribution in [0.4, 0.5) is 29.3 Å². The Morgan fingerprint density at radius 1 is 1.11 bits per heavy atom. The second-order valence-corrected chi connectivity index (χ2v) is 9.35. The van der Waals surface area contributed by atoms with Gasteiger partial charge in [0, 0.05) is 51.7 Å². The average Bonchev–Trinajstić information content (AvgIpc) is 2.89. The quantitative estimate of drug-likeness (QED) is 0.507. The zero-order valence-corrected chi connectivity index (χ0v) is 20.4. The standard InChI is InChI=1S/C24H25F4N7O3/c1-14-12-35(21-20-17(22(37)32-31-21)3-2-4-18(20)25)13-16(38-14)9-19(36)33-5-7-34(8-6-33)23-29-10-15(11-30-23)24(26,27)28/h2-4,10-11,14,16H,5-9,12-13H2,1H3,(H,32,37)/t14-,16-/m1/s1. The minimum Gasteiger partial charge on any atom is -0.371 e. The van der Waals surface area contributed by atoms with Gasteiger partial charge in [0.25, 0.3) is 5.56 Å². The summed E-state index contributed by atoms with van der Waals surface area (Å²) in [4.78, 5) is 38.1. The molecule has 0 saturated carbocycles. The lowest BCUT2D eigenvalue weighted by Gasteiger charge is -2.39. The summed E-state index contributed by atoms with van der Waals surface area (Å²) in [6.07, 6.45) is -3.68. The number of nitrogens with zero attached hydrogens (tertiary/aromatic N) is 6. The number of nitrogens with one attached hydrogen (secondary N) is 1. The Balaban J connectivity index is 1.22. The fourth-order valence-electron chi connectivity index (χ4n) is 4.83. The summed E-state index contributed by atoms with van der Waals surface area (Å²) in [5, 5.41) is 6.83. The average molecular weight is 536 g/mol. The molecule has 1 amide bonds. The molecule has 2 saturated heterocycles. The first kappa shape index (κ1) is 25.8. The number of aromatic nitrogens is 4. The Hall–Kier alpha value is -3.81. The van der Waals surface area contributed by atoms with Crippen LogP contribution in [0.25, 0.3) is 10.8 Å². The number of carbonyl (C=O) groups is 1. The van der Waals surface area contributed by atoms with Crippen LogP contribution in [0.3, 0.4) is 0 Å². The van der Waals surface area contributed by atoms with Crippen molar-refractivity contribution in [1.29, 1.82) is 0 Å². The fraction of sp³-hybridized carbons (Fsp3) is 0.458. The number of aromatic amines is 1. The molecule has 0 bridgehead atoms. The maximum absolute atomic E-state index is 14.7. The van der Waals surface area contributed by atoms with Gasteiger partial charge in [0.1, 0.15) is 5.82 Å². The van der Waals surface area contributed by atoms with Crippen LogP contribution in [-0.2, 0) is 15.7 Å². The molecule has 10 nitrogen and oxygen atoms in total. The molecule has 202 valence electrons.